The Morgan fingerprint density at radius 2 is 1.77 bits per heavy atom. The predicted molar refractivity (Wildman–Crippen MR) is 121 cm³/mol. The number of amides is 1. The SMILES string of the molecule is Cc1nc2c3ccccc3nn2c(C)c1CCC(=O)NCCCNc1ccccc1. The number of rotatable bonds is 8. The Morgan fingerprint density at radius 1 is 1.00 bits per heavy atom. The largest absolute Gasteiger partial charge is 0.385 e. The Labute approximate surface area is 176 Å². The van der Waals surface area contributed by atoms with Crippen LogP contribution in [-0.4, -0.2) is 33.6 Å². The summed E-state index contributed by atoms with van der Waals surface area (Å²) in [6.45, 7) is 5.56. The molecule has 6 nitrogen and oxygen atoms in total. The van der Waals surface area contributed by atoms with Gasteiger partial charge in [-0.1, -0.05) is 30.3 Å². The Hall–Kier alpha value is -3.41. The van der Waals surface area contributed by atoms with Crippen LogP contribution in [0.25, 0.3) is 16.6 Å². The van der Waals surface area contributed by atoms with Crippen molar-refractivity contribution in [3.63, 3.8) is 0 Å². The molecule has 6 heteroatoms. The van der Waals surface area contributed by atoms with Gasteiger partial charge in [0.15, 0.2) is 5.65 Å². The molecule has 0 saturated heterocycles. The third kappa shape index (κ3) is 4.27. The van der Waals surface area contributed by atoms with Gasteiger partial charge < -0.3 is 10.6 Å². The number of fused-ring (bicyclic) bond motifs is 3. The molecule has 2 heterocycles. The predicted octanol–water partition coefficient (Wildman–Crippen LogP) is 4.05. The number of carbonyl (C=O) groups is 1. The van der Waals surface area contributed by atoms with Crippen LogP contribution >= 0.6 is 0 Å². The fourth-order valence-electron chi connectivity index (χ4n) is 3.77. The molecule has 0 aliphatic rings. The van der Waals surface area contributed by atoms with E-state index in [1.54, 1.807) is 0 Å². The number of aromatic nitrogens is 3. The average Bonchev–Trinajstić information content (AvgIpc) is 3.13. The van der Waals surface area contributed by atoms with Gasteiger partial charge in [-0.2, -0.15) is 5.10 Å². The monoisotopic (exact) mass is 401 g/mol. The molecule has 0 unspecified atom stereocenters. The van der Waals surface area contributed by atoms with E-state index in [9.17, 15) is 4.79 Å². The summed E-state index contributed by atoms with van der Waals surface area (Å²) in [5.74, 6) is 0.0687. The molecule has 0 aliphatic heterocycles. The maximum absolute atomic E-state index is 12.3. The molecule has 154 valence electrons. The maximum atomic E-state index is 12.3. The molecule has 0 radical (unpaired) electrons. The number of para-hydroxylation sites is 1. The highest BCUT2D eigenvalue weighted by Crippen LogP contribution is 2.22. The maximum Gasteiger partial charge on any atom is 0.220 e. The summed E-state index contributed by atoms with van der Waals surface area (Å²) in [7, 11) is 0. The first-order valence-corrected chi connectivity index (χ1v) is 10.4. The van der Waals surface area contributed by atoms with Crippen molar-refractivity contribution in [2.24, 2.45) is 0 Å². The molecule has 0 spiro atoms. The highest BCUT2D eigenvalue weighted by Gasteiger charge is 2.14. The van der Waals surface area contributed by atoms with Crippen molar-refractivity contribution >= 4 is 28.1 Å². The van der Waals surface area contributed by atoms with Gasteiger partial charge in [-0.25, -0.2) is 9.50 Å². The van der Waals surface area contributed by atoms with E-state index in [0.29, 0.717) is 19.4 Å². The fourth-order valence-corrected chi connectivity index (χ4v) is 3.77. The van der Waals surface area contributed by atoms with Crippen LogP contribution in [0, 0.1) is 13.8 Å². The number of aryl methyl sites for hydroxylation is 2. The third-order valence-corrected chi connectivity index (χ3v) is 5.40. The molecule has 0 fully saturated rings. The Morgan fingerprint density at radius 3 is 2.60 bits per heavy atom. The fraction of sp³-hybridized carbons (Fsp3) is 0.292. The summed E-state index contributed by atoms with van der Waals surface area (Å²) < 4.78 is 1.90. The third-order valence-electron chi connectivity index (χ3n) is 5.40. The molecular formula is C24H27N5O. The summed E-state index contributed by atoms with van der Waals surface area (Å²) in [6, 6.07) is 18.1. The minimum absolute atomic E-state index is 0.0687. The number of anilines is 1. The van der Waals surface area contributed by atoms with Crippen molar-refractivity contribution in [1.29, 1.82) is 0 Å². The van der Waals surface area contributed by atoms with Crippen LogP contribution in [0.5, 0.6) is 0 Å². The molecule has 0 bridgehead atoms. The zero-order valence-electron chi connectivity index (χ0n) is 17.5. The normalized spacial score (nSPS) is 11.1. The number of benzene rings is 2. The van der Waals surface area contributed by atoms with Gasteiger partial charge in [0.2, 0.25) is 5.91 Å². The molecule has 2 aromatic heterocycles. The van der Waals surface area contributed by atoms with E-state index in [0.717, 1.165) is 52.2 Å². The number of hydrogen-bond donors (Lipinski definition) is 2. The van der Waals surface area contributed by atoms with Gasteiger partial charge in [0.25, 0.3) is 0 Å². The summed E-state index contributed by atoms with van der Waals surface area (Å²) in [4.78, 5) is 17.1. The Kier molecular flexibility index (Phi) is 5.93. The number of hydrogen-bond acceptors (Lipinski definition) is 4. The van der Waals surface area contributed by atoms with E-state index in [1.165, 1.54) is 0 Å². The molecule has 4 rings (SSSR count). The Bertz CT molecular complexity index is 1170. The molecular weight excluding hydrogens is 374 g/mol. The van der Waals surface area contributed by atoms with Crippen LogP contribution in [0.4, 0.5) is 5.69 Å². The lowest BCUT2D eigenvalue weighted by Crippen LogP contribution is -2.26. The number of nitrogens with zero attached hydrogens (tertiary/aromatic N) is 3. The van der Waals surface area contributed by atoms with Crippen LogP contribution in [0.1, 0.15) is 29.8 Å². The van der Waals surface area contributed by atoms with E-state index < -0.39 is 0 Å². The van der Waals surface area contributed by atoms with Crippen molar-refractivity contribution in [1.82, 2.24) is 19.9 Å². The van der Waals surface area contributed by atoms with Crippen LogP contribution in [0.2, 0.25) is 0 Å². The lowest BCUT2D eigenvalue weighted by Gasteiger charge is -2.11. The second kappa shape index (κ2) is 8.95. The van der Waals surface area contributed by atoms with Gasteiger partial charge in [-0.3, -0.25) is 4.79 Å². The lowest BCUT2D eigenvalue weighted by atomic mass is 10.1. The smallest absolute Gasteiger partial charge is 0.220 e. The van der Waals surface area contributed by atoms with E-state index in [2.05, 4.69) is 22.7 Å². The zero-order chi connectivity index (χ0) is 20.9. The van der Waals surface area contributed by atoms with E-state index in [-0.39, 0.29) is 5.91 Å². The van der Waals surface area contributed by atoms with Gasteiger partial charge in [-0.15, -0.1) is 0 Å². The highest BCUT2D eigenvalue weighted by molar-refractivity contribution is 5.92. The van der Waals surface area contributed by atoms with Gasteiger partial charge in [0.05, 0.1) is 5.52 Å². The van der Waals surface area contributed by atoms with Gasteiger partial charge >= 0.3 is 0 Å². The number of nitrogens with one attached hydrogen (secondary N) is 2. The summed E-state index contributed by atoms with van der Waals surface area (Å²) in [6.07, 6.45) is 1.98. The second-order valence-electron chi connectivity index (χ2n) is 7.51. The highest BCUT2D eigenvalue weighted by atomic mass is 16.1. The van der Waals surface area contributed by atoms with Crippen molar-refractivity contribution < 1.29 is 4.79 Å². The topological polar surface area (TPSA) is 71.3 Å². The molecule has 0 atom stereocenters. The van der Waals surface area contributed by atoms with Crippen LogP contribution in [-0.2, 0) is 11.2 Å². The van der Waals surface area contributed by atoms with Crippen LogP contribution in [0.3, 0.4) is 0 Å². The molecule has 2 N–H and O–H groups in total. The Balaban J connectivity index is 1.32. The van der Waals surface area contributed by atoms with Gasteiger partial charge in [0, 0.05) is 42.0 Å². The quantitative estimate of drug-likeness (QED) is 0.437. The molecule has 0 aliphatic carbocycles. The van der Waals surface area contributed by atoms with E-state index in [1.807, 2.05) is 66.0 Å². The van der Waals surface area contributed by atoms with Crippen molar-refractivity contribution in [3.05, 3.63) is 71.5 Å². The first-order valence-electron chi connectivity index (χ1n) is 10.4. The molecule has 4 aromatic rings. The zero-order valence-corrected chi connectivity index (χ0v) is 17.5. The van der Waals surface area contributed by atoms with Crippen LogP contribution in [0.15, 0.2) is 54.6 Å². The first kappa shape index (κ1) is 19.9. The van der Waals surface area contributed by atoms with Crippen molar-refractivity contribution in [2.45, 2.75) is 33.1 Å². The lowest BCUT2D eigenvalue weighted by molar-refractivity contribution is -0.121. The van der Waals surface area contributed by atoms with Crippen LogP contribution < -0.4 is 10.6 Å². The molecule has 2 aromatic carbocycles. The molecule has 1 amide bonds. The minimum Gasteiger partial charge on any atom is -0.385 e. The van der Waals surface area contributed by atoms with Gasteiger partial charge in [0.1, 0.15) is 0 Å². The van der Waals surface area contributed by atoms with E-state index in [4.69, 9.17) is 4.98 Å². The molecule has 0 saturated carbocycles. The summed E-state index contributed by atoms with van der Waals surface area (Å²) in [5.41, 5.74) is 6.02. The van der Waals surface area contributed by atoms with E-state index >= 15 is 0 Å². The number of carbonyl (C=O) groups excluding carboxylic acids is 1. The second-order valence-corrected chi connectivity index (χ2v) is 7.51. The first-order chi connectivity index (χ1) is 14.6. The average molecular weight is 402 g/mol. The van der Waals surface area contributed by atoms with Crippen molar-refractivity contribution in [2.75, 3.05) is 18.4 Å². The molecule has 30 heavy (non-hydrogen) atoms. The van der Waals surface area contributed by atoms with Gasteiger partial charge in [-0.05, 0) is 56.5 Å². The minimum atomic E-state index is 0.0687. The summed E-state index contributed by atoms with van der Waals surface area (Å²) >= 11 is 0. The summed E-state index contributed by atoms with van der Waals surface area (Å²) in [5, 5.41) is 12.1. The standard InChI is InChI=1S/C24H27N5O/c1-17-20(18(2)29-24(27-17)21-11-6-7-12-22(21)28-29)13-14-23(30)26-16-8-15-25-19-9-4-3-5-10-19/h3-7,9-12,25H,8,13-16H2,1-2H3,(H,26,30). The van der Waals surface area contributed by atoms with Crippen molar-refractivity contribution in [3.8, 4) is 0 Å².